The Labute approximate surface area is 206 Å². The number of carbonyl (C=O) groups excluding carboxylic acids is 1. The van der Waals surface area contributed by atoms with E-state index in [4.69, 9.17) is 4.74 Å². The van der Waals surface area contributed by atoms with Crippen molar-refractivity contribution in [3.8, 4) is 0 Å². The van der Waals surface area contributed by atoms with Crippen LogP contribution >= 0.6 is 0 Å². The standard InChI is InChI=1S/C26H36N4O5/c1-17(2)10-22(30-7-6-18(3)11-23(30)31)25(34)28-21(13-24(32)33)19-12-20(15-27-14-19)29-8-9-35-26(4,5)16-29/h6-7,11-12,14-15,17,21-22H,8-10,13,16H2,1-5H3,(H,28,34)(H,32,33)/t21-,22+/m0/s1. The van der Waals surface area contributed by atoms with Crippen molar-refractivity contribution in [3.63, 3.8) is 0 Å². The Morgan fingerprint density at radius 1 is 1.26 bits per heavy atom. The maximum absolute atomic E-state index is 13.4. The molecule has 9 heteroatoms. The molecule has 0 saturated carbocycles. The lowest BCUT2D eigenvalue weighted by molar-refractivity contribution is -0.138. The molecule has 2 aromatic rings. The summed E-state index contributed by atoms with van der Waals surface area (Å²) in [6.45, 7) is 11.8. The van der Waals surface area contributed by atoms with Crippen LogP contribution in [0.3, 0.4) is 0 Å². The van der Waals surface area contributed by atoms with Gasteiger partial charge in [0.2, 0.25) is 5.91 Å². The maximum atomic E-state index is 13.4. The van der Waals surface area contributed by atoms with Crippen molar-refractivity contribution >= 4 is 17.6 Å². The smallest absolute Gasteiger partial charge is 0.305 e. The Morgan fingerprint density at radius 2 is 2.00 bits per heavy atom. The van der Waals surface area contributed by atoms with Crippen molar-refractivity contribution in [1.82, 2.24) is 14.9 Å². The minimum atomic E-state index is -1.04. The molecule has 0 unspecified atom stereocenters. The third-order valence-electron chi connectivity index (χ3n) is 6.07. The van der Waals surface area contributed by atoms with Gasteiger partial charge in [-0.2, -0.15) is 0 Å². The summed E-state index contributed by atoms with van der Waals surface area (Å²) in [5, 5.41) is 12.5. The highest BCUT2D eigenvalue weighted by Crippen LogP contribution is 2.27. The number of aromatic nitrogens is 2. The summed E-state index contributed by atoms with van der Waals surface area (Å²) in [7, 11) is 0. The number of rotatable bonds is 9. The van der Waals surface area contributed by atoms with E-state index >= 15 is 0 Å². The quantitative estimate of drug-likeness (QED) is 0.562. The minimum absolute atomic E-state index is 0.145. The van der Waals surface area contributed by atoms with Gasteiger partial charge in [0.15, 0.2) is 0 Å². The van der Waals surface area contributed by atoms with Crippen LogP contribution in [0, 0.1) is 12.8 Å². The molecule has 0 aliphatic carbocycles. The van der Waals surface area contributed by atoms with E-state index in [1.165, 1.54) is 10.6 Å². The normalized spacial score (nSPS) is 17.1. The fourth-order valence-electron chi connectivity index (χ4n) is 4.38. The van der Waals surface area contributed by atoms with Gasteiger partial charge in [-0.25, -0.2) is 0 Å². The number of pyridine rings is 2. The fourth-order valence-corrected chi connectivity index (χ4v) is 4.38. The zero-order valence-electron chi connectivity index (χ0n) is 21.2. The van der Waals surface area contributed by atoms with E-state index in [1.54, 1.807) is 24.7 Å². The largest absolute Gasteiger partial charge is 0.481 e. The summed E-state index contributed by atoms with van der Waals surface area (Å²) in [4.78, 5) is 44.3. The molecular weight excluding hydrogens is 448 g/mol. The molecule has 0 radical (unpaired) electrons. The van der Waals surface area contributed by atoms with E-state index in [1.807, 2.05) is 40.7 Å². The molecule has 0 bridgehead atoms. The maximum Gasteiger partial charge on any atom is 0.305 e. The second kappa shape index (κ2) is 11.0. The van der Waals surface area contributed by atoms with Crippen molar-refractivity contribution in [3.05, 3.63) is 58.3 Å². The molecule has 3 rings (SSSR count). The van der Waals surface area contributed by atoms with Crippen molar-refractivity contribution in [2.24, 2.45) is 5.92 Å². The molecule has 2 N–H and O–H groups in total. The lowest BCUT2D eigenvalue weighted by Crippen LogP contribution is -2.48. The molecular formula is C26H36N4O5. The van der Waals surface area contributed by atoms with Gasteiger partial charge in [-0.05, 0) is 56.4 Å². The molecule has 2 aromatic heterocycles. The number of aliphatic carboxylic acids is 1. The minimum Gasteiger partial charge on any atom is -0.481 e. The Hall–Kier alpha value is -3.20. The second-order valence-electron chi connectivity index (χ2n) is 10.3. The van der Waals surface area contributed by atoms with Gasteiger partial charge in [-0.3, -0.25) is 19.4 Å². The topological polar surface area (TPSA) is 114 Å². The summed E-state index contributed by atoms with van der Waals surface area (Å²) in [5.74, 6) is -1.29. The number of carboxylic acids is 1. The molecule has 2 atom stereocenters. The van der Waals surface area contributed by atoms with Crippen LogP contribution in [-0.4, -0.2) is 51.8 Å². The highest BCUT2D eigenvalue weighted by molar-refractivity contribution is 5.81. The SMILES string of the molecule is Cc1ccn([C@H](CC(C)C)C(=O)N[C@@H](CC(=O)O)c2cncc(N3CCOC(C)(C)C3)c2)c(=O)c1. The van der Waals surface area contributed by atoms with Crippen molar-refractivity contribution in [2.45, 2.75) is 65.1 Å². The van der Waals surface area contributed by atoms with E-state index in [-0.39, 0.29) is 23.5 Å². The van der Waals surface area contributed by atoms with Gasteiger partial charge in [-0.1, -0.05) is 13.8 Å². The third kappa shape index (κ3) is 7.14. The third-order valence-corrected chi connectivity index (χ3v) is 6.07. The zero-order chi connectivity index (χ0) is 25.8. The average molecular weight is 485 g/mol. The molecule has 0 spiro atoms. The number of carbonyl (C=O) groups is 2. The van der Waals surface area contributed by atoms with Crippen LogP contribution in [-0.2, 0) is 14.3 Å². The van der Waals surface area contributed by atoms with Crippen LogP contribution in [0.15, 0.2) is 41.6 Å². The molecule has 1 aliphatic heterocycles. The number of ether oxygens (including phenoxy) is 1. The van der Waals surface area contributed by atoms with E-state index in [0.717, 1.165) is 11.3 Å². The van der Waals surface area contributed by atoms with Crippen LogP contribution in [0.4, 0.5) is 5.69 Å². The van der Waals surface area contributed by atoms with Gasteiger partial charge in [0.25, 0.3) is 5.56 Å². The summed E-state index contributed by atoms with van der Waals surface area (Å²) < 4.78 is 7.21. The van der Waals surface area contributed by atoms with Crippen molar-refractivity contribution in [1.29, 1.82) is 0 Å². The molecule has 1 amide bonds. The number of carboxylic acid groups (broad SMARTS) is 1. The van der Waals surface area contributed by atoms with E-state index < -0.39 is 24.0 Å². The first-order valence-corrected chi connectivity index (χ1v) is 12.0. The van der Waals surface area contributed by atoms with Gasteiger partial charge in [0.05, 0.1) is 36.6 Å². The Bertz CT molecular complexity index is 1110. The van der Waals surface area contributed by atoms with Gasteiger partial charge in [0.1, 0.15) is 6.04 Å². The lowest BCUT2D eigenvalue weighted by Gasteiger charge is -2.39. The highest BCUT2D eigenvalue weighted by atomic mass is 16.5. The molecule has 1 fully saturated rings. The Balaban J connectivity index is 1.89. The molecule has 3 heterocycles. The van der Waals surface area contributed by atoms with Gasteiger partial charge in [0, 0.05) is 31.5 Å². The van der Waals surface area contributed by atoms with Crippen LogP contribution in [0.1, 0.15) is 63.7 Å². The van der Waals surface area contributed by atoms with E-state index in [9.17, 15) is 19.5 Å². The van der Waals surface area contributed by atoms with Gasteiger partial charge >= 0.3 is 5.97 Å². The first-order valence-electron chi connectivity index (χ1n) is 12.0. The molecule has 190 valence electrons. The summed E-state index contributed by atoms with van der Waals surface area (Å²) in [5.41, 5.74) is 1.68. The number of morpholine rings is 1. The second-order valence-corrected chi connectivity index (χ2v) is 10.3. The summed E-state index contributed by atoms with van der Waals surface area (Å²) in [6.07, 6.45) is 5.08. The lowest BCUT2D eigenvalue weighted by atomic mass is 10.00. The number of amides is 1. The highest BCUT2D eigenvalue weighted by Gasteiger charge is 2.29. The number of anilines is 1. The molecule has 9 nitrogen and oxygen atoms in total. The van der Waals surface area contributed by atoms with Gasteiger partial charge in [-0.15, -0.1) is 0 Å². The Morgan fingerprint density at radius 3 is 2.63 bits per heavy atom. The first-order chi connectivity index (χ1) is 16.4. The number of nitrogens with zero attached hydrogens (tertiary/aromatic N) is 3. The van der Waals surface area contributed by atoms with Crippen molar-refractivity contribution in [2.75, 3.05) is 24.6 Å². The number of hydrogen-bond donors (Lipinski definition) is 2. The number of aryl methyl sites for hydroxylation is 1. The predicted molar refractivity (Wildman–Crippen MR) is 134 cm³/mol. The van der Waals surface area contributed by atoms with Crippen LogP contribution in [0.5, 0.6) is 0 Å². The van der Waals surface area contributed by atoms with Crippen molar-refractivity contribution < 1.29 is 19.4 Å². The molecule has 35 heavy (non-hydrogen) atoms. The molecule has 1 saturated heterocycles. The Kier molecular flexibility index (Phi) is 8.32. The van der Waals surface area contributed by atoms with Crippen LogP contribution in [0.2, 0.25) is 0 Å². The van der Waals surface area contributed by atoms with E-state index in [0.29, 0.717) is 31.7 Å². The van der Waals surface area contributed by atoms with Crippen LogP contribution < -0.4 is 15.8 Å². The monoisotopic (exact) mass is 484 g/mol. The number of nitrogens with one attached hydrogen (secondary N) is 1. The molecule has 0 aromatic carbocycles. The molecule has 1 aliphatic rings. The fraction of sp³-hybridized carbons (Fsp3) is 0.538. The van der Waals surface area contributed by atoms with Crippen LogP contribution in [0.25, 0.3) is 0 Å². The first kappa shape index (κ1) is 26.4. The number of hydrogen-bond acceptors (Lipinski definition) is 6. The summed E-state index contributed by atoms with van der Waals surface area (Å²) in [6, 6.07) is 3.60. The average Bonchev–Trinajstić information content (AvgIpc) is 2.76. The van der Waals surface area contributed by atoms with E-state index in [2.05, 4.69) is 15.2 Å². The van der Waals surface area contributed by atoms with Gasteiger partial charge < -0.3 is 24.6 Å². The predicted octanol–water partition coefficient (Wildman–Crippen LogP) is 3.09. The zero-order valence-corrected chi connectivity index (χ0v) is 21.2. The summed E-state index contributed by atoms with van der Waals surface area (Å²) >= 11 is 0.